The van der Waals surface area contributed by atoms with Gasteiger partial charge in [-0.2, -0.15) is 0 Å². The average Bonchev–Trinajstić information content (AvgIpc) is 2.67. The van der Waals surface area contributed by atoms with E-state index in [0.29, 0.717) is 31.7 Å². The fourth-order valence-electron chi connectivity index (χ4n) is 3.21. The van der Waals surface area contributed by atoms with Crippen LogP contribution in [0.15, 0.2) is 42.5 Å². The first-order chi connectivity index (χ1) is 12.5. The molecule has 3 rings (SSSR count). The Morgan fingerprint density at radius 1 is 1.08 bits per heavy atom. The number of aryl methyl sites for hydroxylation is 1. The van der Waals surface area contributed by atoms with Crippen molar-refractivity contribution < 1.29 is 14.5 Å². The highest BCUT2D eigenvalue weighted by molar-refractivity contribution is 5.98. The molecule has 0 aromatic heterocycles. The summed E-state index contributed by atoms with van der Waals surface area (Å²) in [6.45, 7) is 4.05. The lowest BCUT2D eigenvalue weighted by molar-refractivity contribution is -0.385. The fraction of sp³-hybridized carbons (Fsp3) is 0.316. The van der Waals surface area contributed by atoms with Crippen LogP contribution in [0.3, 0.4) is 0 Å². The molecule has 1 aliphatic heterocycles. The standard InChI is InChI=1S/C19H21N3O4/c1-14-4-3-5-17(18(14)22(24)25)19(23)21-12-10-20(11-13-21)15-6-8-16(26-2)9-7-15/h3-9H,10-13H2,1-2H3. The number of ether oxygens (including phenoxy) is 1. The van der Waals surface area contributed by atoms with Crippen LogP contribution < -0.4 is 9.64 Å². The van der Waals surface area contributed by atoms with Gasteiger partial charge in [-0.1, -0.05) is 12.1 Å². The van der Waals surface area contributed by atoms with Gasteiger partial charge in [-0.15, -0.1) is 0 Å². The first-order valence-corrected chi connectivity index (χ1v) is 8.43. The number of nitro groups is 1. The molecule has 0 saturated carbocycles. The van der Waals surface area contributed by atoms with E-state index in [2.05, 4.69) is 4.90 Å². The van der Waals surface area contributed by atoms with Crippen LogP contribution in [-0.2, 0) is 0 Å². The molecule has 136 valence electrons. The number of nitrogens with zero attached hydrogens (tertiary/aromatic N) is 3. The van der Waals surface area contributed by atoms with Crippen molar-refractivity contribution in [3.63, 3.8) is 0 Å². The van der Waals surface area contributed by atoms with E-state index in [0.717, 1.165) is 11.4 Å². The van der Waals surface area contributed by atoms with Gasteiger partial charge in [0.15, 0.2) is 0 Å². The summed E-state index contributed by atoms with van der Waals surface area (Å²) in [5.41, 5.74) is 1.63. The van der Waals surface area contributed by atoms with Crippen molar-refractivity contribution in [3.8, 4) is 5.75 Å². The Labute approximate surface area is 151 Å². The number of hydrogen-bond donors (Lipinski definition) is 0. The zero-order valence-corrected chi connectivity index (χ0v) is 14.8. The van der Waals surface area contributed by atoms with Crippen LogP contribution in [0.2, 0.25) is 0 Å². The Morgan fingerprint density at radius 2 is 1.73 bits per heavy atom. The van der Waals surface area contributed by atoms with Crippen molar-refractivity contribution in [2.24, 2.45) is 0 Å². The number of benzene rings is 2. The van der Waals surface area contributed by atoms with Crippen LogP contribution in [0.5, 0.6) is 5.75 Å². The molecule has 7 nitrogen and oxygen atoms in total. The molecule has 2 aromatic rings. The predicted octanol–water partition coefficient (Wildman–Crippen LogP) is 2.87. The second-order valence-electron chi connectivity index (χ2n) is 6.21. The molecule has 1 saturated heterocycles. The molecule has 2 aromatic carbocycles. The van der Waals surface area contributed by atoms with E-state index >= 15 is 0 Å². The van der Waals surface area contributed by atoms with E-state index in [-0.39, 0.29) is 17.2 Å². The molecule has 26 heavy (non-hydrogen) atoms. The molecule has 7 heteroatoms. The average molecular weight is 355 g/mol. The SMILES string of the molecule is COc1ccc(N2CCN(C(=O)c3cccc(C)c3[N+](=O)[O-])CC2)cc1. The van der Waals surface area contributed by atoms with Crippen LogP contribution in [-0.4, -0.2) is 49.0 Å². The van der Waals surface area contributed by atoms with Crippen molar-refractivity contribution >= 4 is 17.3 Å². The minimum absolute atomic E-state index is 0.102. The lowest BCUT2D eigenvalue weighted by atomic mass is 10.1. The summed E-state index contributed by atoms with van der Waals surface area (Å²) < 4.78 is 5.17. The first kappa shape index (κ1) is 17.7. The van der Waals surface area contributed by atoms with Crippen LogP contribution in [0.4, 0.5) is 11.4 Å². The number of para-hydroxylation sites is 1. The molecule has 0 radical (unpaired) electrons. The molecule has 0 aliphatic carbocycles. The summed E-state index contributed by atoms with van der Waals surface area (Å²) in [7, 11) is 1.63. The van der Waals surface area contributed by atoms with Gasteiger partial charge in [0.05, 0.1) is 12.0 Å². The molecule has 0 atom stereocenters. The van der Waals surface area contributed by atoms with Crippen LogP contribution in [0.25, 0.3) is 0 Å². The number of carbonyl (C=O) groups excluding carboxylic acids is 1. The van der Waals surface area contributed by atoms with Gasteiger partial charge in [-0.05, 0) is 37.3 Å². The minimum Gasteiger partial charge on any atom is -0.497 e. The van der Waals surface area contributed by atoms with E-state index < -0.39 is 4.92 Å². The number of hydrogen-bond acceptors (Lipinski definition) is 5. The Hall–Kier alpha value is -3.09. The third-order valence-corrected chi connectivity index (χ3v) is 4.66. The van der Waals surface area contributed by atoms with Crippen molar-refractivity contribution in [2.75, 3.05) is 38.2 Å². The Kier molecular flexibility index (Phi) is 5.06. The predicted molar refractivity (Wildman–Crippen MR) is 98.9 cm³/mol. The molecule has 1 fully saturated rings. The van der Waals surface area contributed by atoms with Gasteiger partial charge in [0.25, 0.3) is 11.6 Å². The Morgan fingerprint density at radius 3 is 2.31 bits per heavy atom. The molecule has 1 amide bonds. The number of rotatable bonds is 4. The maximum atomic E-state index is 12.8. The van der Waals surface area contributed by atoms with Crippen LogP contribution in [0, 0.1) is 17.0 Å². The monoisotopic (exact) mass is 355 g/mol. The summed E-state index contributed by atoms with van der Waals surface area (Å²) in [5.74, 6) is 0.518. The minimum atomic E-state index is -0.476. The van der Waals surface area contributed by atoms with Crippen molar-refractivity contribution in [1.82, 2.24) is 4.90 Å². The maximum absolute atomic E-state index is 12.8. The zero-order chi connectivity index (χ0) is 18.7. The second-order valence-corrected chi connectivity index (χ2v) is 6.21. The Balaban J connectivity index is 1.71. The number of piperazine rings is 1. The summed E-state index contributed by atoms with van der Waals surface area (Å²) in [6.07, 6.45) is 0. The van der Waals surface area contributed by atoms with E-state index in [1.165, 1.54) is 6.07 Å². The van der Waals surface area contributed by atoms with Crippen LogP contribution >= 0.6 is 0 Å². The third-order valence-electron chi connectivity index (χ3n) is 4.66. The van der Waals surface area contributed by atoms with Crippen LogP contribution in [0.1, 0.15) is 15.9 Å². The van der Waals surface area contributed by atoms with Gasteiger partial charge in [0, 0.05) is 37.4 Å². The number of methoxy groups -OCH3 is 1. The van der Waals surface area contributed by atoms with E-state index in [9.17, 15) is 14.9 Å². The topological polar surface area (TPSA) is 75.9 Å². The fourth-order valence-corrected chi connectivity index (χ4v) is 3.21. The summed E-state index contributed by atoms with van der Waals surface area (Å²) in [4.78, 5) is 27.5. The quantitative estimate of drug-likeness (QED) is 0.623. The number of anilines is 1. The first-order valence-electron chi connectivity index (χ1n) is 8.43. The normalized spacial score (nSPS) is 14.2. The molecule has 1 aliphatic rings. The molecule has 0 unspecified atom stereocenters. The summed E-state index contributed by atoms with van der Waals surface area (Å²) in [6, 6.07) is 12.7. The van der Waals surface area contributed by atoms with Crippen molar-refractivity contribution in [2.45, 2.75) is 6.92 Å². The largest absolute Gasteiger partial charge is 0.497 e. The molecule has 0 spiro atoms. The number of carbonyl (C=O) groups is 1. The summed E-state index contributed by atoms with van der Waals surface area (Å²) >= 11 is 0. The second kappa shape index (κ2) is 7.43. The van der Waals surface area contributed by atoms with Gasteiger partial charge in [-0.25, -0.2) is 0 Å². The Bertz CT molecular complexity index is 812. The highest BCUT2D eigenvalue weighted by Crippen LogP contribution is 2.26. The van der Waals surface area contributed by atoms with Gasteiger partial charge in [-0.3, -0.25) is 14.9 Å². The highest BCUT2D eigenvalue weighted by atomic mass is 16.6. The molecular weight excluding hydrogens is 334 g/mol. The van der Waals surface area contributed by atoms with E-state index in [1.54, 1.807) is 31.1 Å². The third kappa shape index (κ3) is 3.46. The van der Waals surface area contributed by atoms with Crippen molar-refractivity contribution in [1.29, 1.82) is 0 Å². The molecular formula is C19H21N3O4. The lowest BCUT2D eigenvalue weighted by Crippen LogP contribution is -2.48. The smallest absolute Gasteiger partial charge is 0.285 e. The van der Waals surface area contributed by atoms with Gasteiger partial charge < -0.3 is 14.5 Å². The van der Waals surface area contributed by atoms with E-state index in [4.69, 9.17) is 4.74 Å². The van der Waals surface area contributed by atoms with Gasteiger partial charge in [0.2, 0.25) is 0 Å². The molecule has 0 N–H and O–H groups in total. The van der Waals surface area contributed by atoms with Crippen molar-refractivity contribution in [3.05, 3.63) is 63.7 Å². The van der Waals surface area contributed by atoms with E-state index in [1.807, 2.05) is 24.3 Å². The zero-order valence-electron chi connectivity index (χ0n) is 14.8. The van der Waals surface area contributed by atoms with Gasteiger partial charge in [0.1, 0.15) is 11.3 Å². The lowest BCUT2D eigenvalue weighted by Gasteiger charge is -2.36. The number of nitro benzene ring substituents is 1. The maximum Gasteiger partial charge on any atom is 0.285 e. The molecule has 0 bridgehead atoms. The number of amides is 1. The summed E-state index contributed by atoms with van der Waals surface area (Å²) in [5, 5.41) is 11.3. The van der Waals surface area contributed by atoms with Gasteiger partial charge >= 0.3 is 0 Å². The molecule has 1 heterocycles. The highest BCUT2D eigenvalue weighted by Gasteiger charge is 2.28.